The minimum atomic E-state index is -0.652. The third-order valence-electron chi connectivity index (χ3n) is 2.66. The molecule has 2 rings (SSSR count). The fraction of sp³-hybridized carbons (Fsp3) is 0. The molecule has 92 valence electrons. The molecule has 0 saturated heterocycles. The van der Waals surface area contributed by atoms with Crippen molar-refractivity contribution in [1.29, 1.82) is 10.5 Å². The van der Waals surface area contributed by atoms with Crippen LogP contribution in [0.4, 0.5) is 4.39 Å². The van der Waals surface area contributed by atoms with E-state index in [1.165, 1.54) is 30.3 Å². The predicted molar refractivity (Wildman–Crippen MR) is 64.6 cm³/mol. The summed E-state index contributed by atoms with van der Waals surface area (Å²) < 4.78 is 12.9. The van der Waals surface area contributed by atoms with Gasteiger partial charge < -0.3 is 10.2 Å². The lowest BCUT2D eigenvalue weighted by molar-refractivity contribution is 0.402. The first-order valence-corrected chi connectivity index (χ1v) is 5.23. The van der Waals surface area contributed by atoms with Gasteiger partial charge in [-0.3, -0.25) is 0 Å². The molecule has 2 N–H and O–H groups in total. The van der Waals surface area contributed by atoms with Crippen LogP contribution in [-0.4, -0.2) is 10.2 Å². The SMILES string of the molecule is N#Cc1cc(-c2ccc(F)cc2)c(C#N)c(O)c1O. The van der Waals surface area contributed by atoms with Crippen LogP contribution >= 0.6 is 0 Å². The first kappa shape index (κ1) is 12.4. The normalized spacial score (nSPS) is 9.63. The maximum absolute atomic E-state index is 12.9. The minimum Gasteiger partial charge on any atom is -0.503 e. The summed E-state index contributed by atoms with van der Waals surface area (Å²) >= 11 is 0. The Morgan fingerprint density at radius 2 is 1.58 bits per heavy atom. The van der Waals surface area contributed by atoms with E-state index in [-0.39, 0.29) is 16.7 Å². The molecule has 0 amide bonds. The lowest BCUT2D eigenvalue weighted by Gasteiger charge is -2.09. The molecule has 0 aliphatic heterocycles. The van der Waals surface area contributed by atoms with Gasteiger partial charge in [0.25, 0.3) is 0 Å². The second-order valence-corrected chi connectivity index (χ2v) is 3.77. The molecule has 0 aromatic heterocycles. The summed E-state index contributed by atoms with van der Waals surface area (Å²) in [7, 11) is 0. The number of nitrogens with zero attached hydrogens (tertiary/aromatic N) is 2. The molecule has 0 fully saturated rings. The summed E-state index contributed by atoms with van der Waals surface area (Å²) in [6.45, 7) is 0. The van der Waals surface area contributed by atoms with Crippen LogP contribution in [0.25, 0.3) is 11.1 Å². The average Bonchev–Trinajstić information content (AvgIpc) is 2.42. The Morgan fingerprint density at radius 3 is 2.11 bits per heavy atom. The molecule has 2 aromatic carbocycles. The summed E-state index contributed by atoms with van der Waals surface area (Å²) in [6.07, 6.45) is 0. The number of hydrogen-bond acceptors (Lipinski definition) is 4. The zero-order valence-electron chi connectivity index (χ0n) is 9.55. The van der Waals surface area contributed by atoms with E-state index >= 15 is 0 Å². The maximum Gasteiger partial charge on any atom is 0.177 e. The Hall–Kier alpha value is -3.05. The summed E-state index contributed by atoms with van der Waals surface area (Å²) in [6, 6.07) is 9.99. The number of halogens is 1. The molecule has 19 heavy (non-hydrogen) atoms. The van der Waals surface area contributed by atoms with Crippen LogP contribution in [0.5, 0.6) is 11.5 Å². The van der Waals surface area contributed by atoms with Gasteiger partial charge in [0.2, 0.25) is 0 Å². The van der Waals surface area contributed by atoms with Crippen molar-refractivity contribution in [2.24, 2.45) is 0 Å². The monoisotopic (exact) mass is 254 g/mol. The minimum absolute atomic E-state index is 0.157. The predicted octanol–water partition coefficient (Wildman–Crippen LogP) is 2.65. The van der Waals surface area contributed by atoms with Crippen LogP contribution < -0.4 is 0 Å². The summed E-state index contributed by atoms with van der Waals surface area (Å²) in [4.78, 5) is 0. The van der Waals surface area contributed by atoms with Gasteiger partial charge >= 0.3 is 0 Å². The van der Waals surface area contributed by atoms with Crippen molar-refractivity contribution < 1.29 is 14.6 Å². The van der Waals surface area contributed by atoms with Gasteiger partial charge in [0, 0.05) is 5.56 Å². The zero-order chi connectivity index (χ0) is 14.0. The number of phenols is 2. The molecule has 0 spiro atoms. The Balaban J connectivity index is 2.77. The Bertz CT molecular complexity index is 725. The quantitative estimate of drug-likeness (QED) is 0.765. The molecular weight excluding hydrogens is 247 g/mol. The first-order valence-electron chi connectivity index (χ1n) is 5.23. The number of rotatable bonds is 1. The highest BCUT2D eigenvalue weighted by Gasteiger charge is 2.18. The number of aromatic hydroxyl groups is 2. The lowest BCUT2D eigenvalue weighted by atomic mass is 9.96. The fourth-order valence-corrected chi connectivity index (χ4v) is 1.71. The summed E-state index contributed by atoms with van der Waals surface area (Å²) in [5, 5.41) is 37.1. The highest BCUT2D eigenvalue weighted by atomic mass is 19.1. The van der Waals surface area contributed by atoms with E-state index in [1.807, 2.05) is 0 Å². The van der Waals surface area contributed by atoms with Crippen molar-refractivity contribution in [2.75, 3.05) is 0 Å². The van der Waals surface area contributed by atoms with Crippen molar-refractivity contribution in [3.05, 3.63) is 47.3 Å². The second-order valence-electron chi connectivity index (χ2n) is 3.77. The zero-order valence-corrected chi connectivity index (χ0v) is 9.55. The molecule has 0 bridgehead atoms. The van der Waals surface area contributed by atoms with Gasteiger partial charge in [0.1, 0.15) is 23.5 Å². The Kier molecular flexibility index (Phi) is 3.05. The molecule has 0 unspecified atom stereocenters. The molecule has 0 aliphatic carbocycles. The maximum atomic E-state index is 12.9. The van der Waals surface area contributed by atoms with Crippen LogP contribution in [0, 0.1) is 28.5 Å². The largest absolute Gasteiger partial charge is 0.503 e. The third kappa shape index (κ3) is 2.05. The number of phenolic OH excluding ortho intramolecular Hbond substituents is 2. The number of benzene rings is 2. The Labute approximate surface area is 108 Å². The average molecular weight is 254 g/mol. The van der Waals surface area contributed by atoms with Crippen molar-refractivity contribution in [1.82, 2.24) is 0 Å². The van der Waals surface area contributed by atoms with Gasteiger partial charge in [-0.05, 0) is 23.8 Å². The molecule has 0 radical (unpaired) electrons. The van der Waals surface area contributed by atoms with E-state index in [0.29, 0.717) is 5.56 Å². The fourth-order valence-electron chi connectivity index (χ4n) is 1.71. The molecule has 0 heterocycles. The molecule has 0 saturated carbocycles. The van der Waals surface area contributed by atoms with Gasteiger partial charge in [0.15, 0.2) is 11.5 Å². The van der Waals surface area contributed by atoms with Crippen LogP contribution in [0.15, 0.2) is 30.3 Å². The van der Waals surface area contributed by atoms with Gasteiger partial charge in [-0.1, -0.05) is 12.1 Å². The Morgan fingerprint density at radius 1 is 0.947 bits per heavy atom. The van der Waals surface area contributed by atoms with Crippen molar-refractivity contribution in [3.8, 4) is 34.8 Å². The number of hydrogen-bond donors (Lipinski definition) is 2. The molecule has 2 aromatic rings. The van der Waals surface area contributed by atoms with Crippen molar-refractivity contribution >= 4 is 0 Å². The molecule has 0 aliphatic rings. The number of nitriles is 2. The van der Waals surface area contributed by atoms with E-state index in [0.717, 1.165) is 0 Å². The molecule has 0 atom stereocenters. The van der Waals surface area contributed by atoms with Gasteiger partial charge in [-0.15, -0.1) is 0 Å². The first-order chi connectivity index (χ1) is 9.08. The van der Waals surface area contributed by atoms with E-state index in [1.54, 1.807) is 12.1 Å². The lowest BCUT2D eigenvalue weighted by Crippen LogP contribution is -1.90. The highest BCUT2D eigenvalue weighted by Crippen LogP contribution is 2.38. The van der Waals surface area contributed by atoms with Crippen LogP contribution in [0.1, 0.15) is 11.1 Å². The van der Waals surface area contributed by atoms with E-state index < -0.39 is 17.3 Å². The summed E-state index contributed by atoms with van der Waals surface area (Å²) in [5.74, 6) is -1.73. The van der Waals surface area contributed by atoms with Crippen LogP contribution in [-0.2, 0) is 0 Å². The van der Waals surface area contributed by atoms with Crippen molar-refractivity contribution in [3.63, 3.8) is 0 Å². The van der Waals surface area contributed by atoms with Gasteiger partial charge in [0.05, 0.1) is 5.56 Å². The van der Waals surface area contributed by atoms with Crippen molar-refractivity contribution in [2.45, 2.75) is 0 Å². The van der Waals surface area contributed by atoms with Gasteiger partial charge in [-0.2, -0.15) is 10.5 Å². The van der Waals surface area contributed by atoms with E-state index in [4.69, 9.17) is 10.5 Å². The highest BCUT2D eigenvalue weighted by molar-refractivity contribution is 5.78. The van der Waals surface area contributed by atoms with Crippen LogP contribution in [0.3, 0.4) is 0 Å². The van der Waals surface area contributed by atoms with E-state index in [2.05, 4.69) is 0 Å². The standard InChI is InChI=1S/C14H7FN2O2/c15-10-3-1-8(2-4-10)11-5-9(6-16)13(18)14(19)12(11)7-17/h1-5,18-19H. The molecular formula is C14H7FN2O2. The van der Waals surface area contributed by atoms with Crippen LogP contribution in [0.2, 0.25) is 0 Å². The second kappa shape index (κ2) is 4.67. The topological polar surface area (TPSA) is 88.0 Å². The summed E-state index contributed by atoms with van der Waals surface area (Å²) in [5.41, 5.74) is 0.401. The smallest absolute Gasteiger partial charge is 0.177 e. The molecule has 5 heteroatoms. The third-order valence-corrected chi connectivity index (χ3v) is 2.66. The van der Waals surface area contributed by atoms with E-state index in [9.17, 15) is 14.6 Å². The van der Waals surface area contributed by atoms with Gasteiger partial charge in [-0.25, -0.2) is 4.39 Å². The molecule has 4 nitrogen and oxygen atoms in total.